The second kappa shape index (κ2) is 15.4. The molecule has 1 aliphatic carbocycles. The maximum atomic E-state index is 14.6. The molecule has 5 rings (SSSR count). The zero-order chi connectivity index (χ0) is 32.5. The van der Waals surface area contributed by atoms with Crippen LogP contribution in [0.25, 0.3) is 0 Å². The van der Waals surface area contributed by atoms with Crippen molar-refractivity contribution >= 4 is 43.5 Å². The molecule has 1 saturated carbocycles. The maximum Gasteiger partial charge on any atom is 0.264 e. The summed E-state index contributed by atoms with van der Waals surface area (Å²) in [4.78, 5) is 30.2. The van der Waals surface area contributed by atoms with Crippen LogP contribution in [0, 0.1) is 0 Å². The molecule has 1 fully saturated rings. The average molecular weight is 705 g/mol. The van der Waals surface area contributed by atoms with Gasteiger partial charge in [-0.2, -0.15) is 0 Å². The molecule has 8 nitrogen and oxygen atoms in total. The summed E-state index contributed by atoms with van der Waals surface area (Å²) in [5.74, 6) is -0.231. The number of rotatable bonds is 13. The standard InChI is InChI=1S/C36H38BrN3O5S/c1-45-32-19-21-33(22-20-32)46(43,44)40(31-17-6-3-7-18-31)26-35(41)39(25-28-13-10-14-29(37)23-28)34(24-27-11-4-2-5-12-27)36(42)38-30-15-8-9-16-30/h2-7,10-14,17-23,30,34H,8-9,15-16,24-26H2,1H3,(H,38,42)/t34-/m1/s1. The molecule has 0 radical (unpaired) electrons. The number of ether oxygens (including phenoxy) is 1. The molecule has 2 amide bonds. The van der Waals surface area contributed by atoms with Gasteiger partial charge in [0.05, 0.1) is 17.7 Å². The van der Waals surface area contributed by atoms with Crippen LogP contribution in [0.15, 0.2) is 119 Å². The molecule has 1 atom stereocenters. The number of benzene rings is 4. The molecule has 0 aromatic heterocycles. The monoisotopic (exact) mass is 703 g/mol. The first-order valence-electron chi connectivity index (χ1n) is 15.3. The van der Waals surface area contributed by atoms with Crippen molar-refractivity contribution in [2.75, 3.05) is 18.0 Å². The van der Waals surface area contributed by atoms with Gasteiger partial charge in [0.25, 0.3) is 10.0 Å². The fraction of sp³-hybridized carbons (Fsp3) is 0.278. The minimum atomic E-state index is -4.19. The van der Waals surface area contributed by atoms with Crippen molar-refractivity contribution in [1.82, 2.24) is 10.2 Å². The quantitative estimate of drug-likeness (QED) is 0.175. The second-order valence-electron chi connectivity index (χ2n) is 11.4. The number of anilines is 1. The minimum Gasteiger partial charge on any atom is -0.497 e. The average Bonchev–Trinajstić information content (AvgIpc) is 3.59. The van der Waals surface area contributed by atoms with E-state index in [1.54, 1.807) is 42.5 Å². The number of sulfonamides is 1. The lowest BCUT2D eigenvalue weighted by molar-refractivity contribution is -0.140. The van der Waals surface area contributed by atoms with E-state index in [2.05, 4.69) is 21.2 Å². The van der Waals surface area contributed by atoms with Gasteiger partial charge in [-0.15, -0.1) is 0 Å². The number of nitrogens with one attached hydrogen (secondary N) is 1. The Balaban J connectivity index is 1.55. The molecule has 1 aliphatic rings. The number of halogens is 1. The molecule has 4 aromatic carbocycles. The normalized spacial score (nSPS) is 14.0. The van der Waals surface area contributed by atoms with Crippen LogP contribution < -0.4 is 14.4 Å². The van der Waals surface area contributed by atoms with Crippen LogP contribution in [0.4, 0.5) is 5.69 Å². The number of carbonyl (C=O) groups excluding carboxylic acids is 2. The molecule has 0 unspecified atom stereocenters. The molecular weight excluding hydrogens is 666 g/mol. The lowest BCUT2D eigenvalue weighted by Gasteiger charge is -2.34. The third-order valence-corrected chi connectivity index (χ3v) is 10.5. The van der Waals surface area contributed by atoms with Crippen LogP contribution in [-0.2, 0) is 32.6 Å². The Kier molecular flexibility index (Phi) is 11.1. The second-order valence-corrected chi connectivity index (χ2v) is 14.1. The van der Waals surface area contributed by atoms with Crippen LogP contribution in [0.5, 0.6) is 5.75 Å². The van der Waals surface area contributed by atoms with Gasteiger partial charge in [-0.25, -0.2) is 8.42 Å². The van der Waals surface area contributed by atoms with E-state index in [0.717, 1.165) is 45.6 Å². The van der Waals surface area contributed by atoms with Crippen molar-refractivity contribution in [2.45, 2.75) is 55.6 Å². The highest BCUT2D eigenvalue weighted by atomic mass is 79.9. The van der Waals surface area contributed by atoms with E-state index in [0.29, 0.717) is 11.4 Å². The predicted molar refractivity (Wildman–Crippen MR) is 183 cm³/mol. The molecule has 0 bridgehead atoms. The Morgan fingerprint density at radius 2 is 1.50 bits per heavy atom. The smallest absolute Gasteiger partial charge is 0.264 e. The van der Waals surface area contributed by atoms with Crippen LogP contribution in [0.1, 0.15) is 36.8 Å². The van der Waals surface area contributed by atoms with E-state index >= 15 is 0 Å². The largest absolute Gasteiger partial charge is 0.497 e. The summed E-state index contributed by atoms with van der Waals surface area (Å²) >= 11 is 3.52. The first-order valence-corrected chi connectivity index (χ1v) is 17.6. The van der Waals surface area contributed by atoms with Crippen molar-refractivity contribution < 1.29 is 22.7 Å². The third kappa shape index (κ3) is 8.35. The van der Waals surface area contributed by atoms with Crippen molar-refractivity contribution in [1.29, 1.82) is 0 Å². The van der Waals surface area contributed by atoms with Gasteiger partial charge in [-0.1, -0.05) is 89.4 Å². The summed E-state index contributed by atoms with van der Waals surface area (Å²) in [7, 11) is -2.68. The predicted octanol–water partition coefficient (Wildman–Crippen LogP) is 6.35. The fourth-order valence-electron chi connectivity index (χ4n) is 5.75. The maximum absolute atomic E-state index is 14.6. The molecule has 0 saturated heterocycles. The van der Waals surface area contributed by atoms with E-state index < -0.39 is 28.5 Å². The Labute approximate surface area is 279 Å². The first kappa shape index (κ1) is 33.2. The van der Waals surface area contributed by atoms with E-state index in [9.17, 15) is 18.0 Å². The number of hydrogen-bond acceptors (Lipinski definition) is 5. The highest BCUT2D eigenvalue weighted by Gasteiger charge is 2.35. The lowest BCUT2D eigenvalue weighted by Crippen LogP contribution is -2.54. The molecule has 0 heterocycles. The van der Waals surface area contributed by atoms with E-state index in [1.807, 2.05) is 54.6 Å². The van der Waals surface area contributed by atoms with Crippen molar-refractivity contribution in [3.05, 3.63) is 125 Å². The van der Waals surface area contributed by atoms with Crippen LogP contribution in [-0.4, -0.2) is 50.9 Å². The van der Waals surface area contributed by atoms with Gasteiger partial charge in [0.15, 0.2) is 0 Å². The van der Waals surface area contributed by atoms with Crippen molar-refractivity contribution in [2.24, 2.45) is 0 Å². The summed E-state index contributed by atoms with van der Waals surface area (Å²) in [5, 5.41) is 3.20. The Morgan fingerprint density at radius 1 is 0.870 bits per heavy atom. The Morgan fingerprint density at radius 3 is 2.13 bits per heavy atom. The van der Waals surface area contributed by atoms with E-state index in [4.69, 9.17) is 4.74 Å². The summed E-state index contributed by atoms with van der Waals surface area (Å²) in [5.41, 5.74) is 2.04. The van der Waals surface area contributed by atoms with Crippen molar-refractivity contribution in [3.63, 3.8) is 0 Å². The van der Waals surface area contributed by atoms with E-state index in [1.165, 1.54) is 24.1 Å². The van der Waals surface area contributed by atoms with Gasteiger partial charge in [0, 0.05) is 23.5 Å². The highest BCUT2D eigenvalue weighted by molar-refractivity contribution is 9.10. The molecule has 240 valence electrons. The third-order valence-electron chi connectivity index (χ3n) is 8.19. The van der Waals surface area contributed by atoms with Crippen LogP contribution in [0.2, 0.25) is 0 Å². The first-order chi connectivity index (χ1) is 22.2. The number of methoxy groups -OCH3 is 1. The molecule has 0 spiro atoms. The van der Waals surface area contributed by atoms with E-state index in [-0.39, 0.29) is 29.8 Å². The minimum absolute atomic E-state index is 0.0169. The topological polar surface area (TPSA) is 96.0 Å². The number of hydrogen-bond donors (Lipinski definition) is 1. The molecule has 10 heteroatoms. The number of carbonyl (C=O) groups is 2. The van der Waals surface area contributed by atoms with Crippen LogP contribution >= 0.6 is 15.9 Å². The SMILES string of the molecule is COc1ccc(S(=O)(=O)N(CC(=O)N(Cc2cccc(Br)c2)[C@H](Cc2ccccc2)C(=O)NC2CCCC2)c2ccccc2)cc1. The van der Waals surface area contributed by atoms with Gasteiger partial charge in [-0.05, 0) is 72.5 Å². The lowest BCUT2D eigenvalue weighted by atomic mass is 10.0. The fourth-order valence-corrected chi connectivity index (χ4v) is 7.61. The highest BCUT2D eigenvalue weighted by Crippen LogP contribution is 2.27. The molecule has 46 heavy (non-hydrogen) atoms. The Bertz CT molecular complexity index is 1710. The van der Waals surface area contributed by atoms with Gasteiger partial charge in [0.1, 0.15) is 18.3 Å². The van der Waals surface area contributed by atoms with Crippen LogP contribution in [0.3, 0.4) is 0 Å². The summed E-state index contributed by atoms with van der Waals surface area (Å²) in [6.45, 7) is -0.395. The zero-order valence-electron chi connectivity index (χ0n) is 25.7. The van der Waals surface area contributed by atoms with Gasteiger partial charge in [-0.3, -0.25) is 13.9 Å². The summed E-state index contributed by atoms with van der Waals surface area (Å²) in [6.07, 6.45) is 4.15. The molecule has 1 N–H and O–H groups in total. The molecule has 0 aliphatic heterocycles. The summed E-state index contributed by atoms with van der Waals surface area (Å²) < 4.78 is 35.5. The Hall–Kier alpha value is -4.15. The molecule has 4 aromatic rings. The number of nitrogens with zero attached hydrogens (tertiary/aromatic N) is 2. The number of para-hydroxylation sites is 1. The van der Waals surface area contributed by atoms with Gasteiger partial charge in [0.2, 0.25) is 11.8 Å². The van der Waals surface area contributed by atoms with Crippen molar-refractivity contribution in [3.8, 4) is 5.75 Å². The van der Waals surface area contributed by atoms with Gasteiger partial charge >= 0.3 is 0 Å². The number of amides is 2. The zero-order valence-corrected chi connectivity index (χ0v) is 28.1. The molecular formula is C36H38BrN3O5S. The van der Waals surface area contributed by atoms with Gasteiger partial charge < -0.3 is 15.0 Å². The summed E-state index contributed by atoms with van der Waals surface area (Å²) in [6, 6.07) is 30.9.